The van der Waals surface area contributed by atoms with Crippen LogP contribution in [0, 0.1) is 5.92 Å². The fraction of sp³-hybridized carbons (Fsp3) is 1.00. The molecule has 0 aromatic rings. The summed E-state index contributed by atoms with van der Waals surface area (Å²) in [4.78, 5) is 0. The van der Waals surface area contributed by atoms with Gasteiger partial charge in [-0.2, -0.15) is 0 Å². The summed E-state index contributed by atoms with van der Waals surface area (Å²) in [5.74, 6) is 0.611. The van der Waals surface area contributed by atoms with Crippen LogP contribution in [-0.4, -0.2) is 23.8 Å². The van der Waals surface area contributed by atoms with Gasteiger partial charge >= 0.3 is 0 Å². The Balaban J connectivity index is 1.99. The summed E-state index contributed by atoms with van der Waals surface area (Å²) >= 11 is 0. The van der Waals surface area contributed by atoms with Crippen LogP contribution in [0.2, 0.25) is 0 Å². The third-order valence-electron chi connectivity index (χ3n) is 2.11. The number of hydrogen-bond donors (Lipinski definition) is 1. The summed E-state index contributed by atoms with van der Waals surface area (Å²) < 4.78 is 0. The minimum absolute atomic E-state index is 0.333. The maximum atomic E-state index is 9.46. The largest absolute Gasteiger partial charge is 0.387 e. The highest BCUT2D eigenvalue weighted by atomic mass is 16.3. The second-order valence-corrected chi connectivity index (χ2v) is 2.92. The molecule has 1 heterocycles. The molecule has 1 N–H and O–H groups in total. The minimum atomic E-state index is -0.333. The van der Waals surface area contributed by atoms with Crippen LogP contribution in [0.1, 0.15) is 12.8 Å². The average Bonchev–Trinajstić information content (AvgIpc) is 2.38. The molecule has 8 heavy (non-hydrogen) atoms. The molecule has 1 aliphatic heterocycles. The Labute approximate surface area is 48.9 Å². The summed E-state index contributed by atoms with van der Waals surface area (Å²) in [5, 5.41) is 13.4. The van der Waals surface area contributed by atoms with Crippen molar-refractivity contribution in [2.24, 2.45) is 5.92 Å². The van der Waals surface area contributed by atoms with Crippen LogP contribution in [0.25, 0.3) is 0 Å². The van der Waals surface area contributed by atoms with Crippen LogP contribution >= 0.6 is 0 Å². The van der Waals surface area contributed by atoms with E-state index in [0.717, 1.165) is 0 Å². The molecule has 1 saturated carbocycles. The predicted octanol–water partition coefficient (Wildman–Crippen LogP) is -0.254. The second kappa shape index (κ2) is 1.25. The van der Waals surface area contributed by atoms with E-state index in [4.69, 9.17) is 0 Å². The molecule has 0 unspecified atom stereocenters. The number of rotatable bonds is 1. The van der Waals surface area contributed by atoms with Crippen molar-refractivity contribution in [3.63, 3.8) is 0 Å². The molecule has 0 spiro atoms. The van der Waals surface area contributed by atoms with Gasteiger partial charge in [-0.3, -0.25) is 0 Å². The monoisotopic (exact) mass is 112 g/mol. The molecule has 0 amide bonds. The highest BCUT2D eigenvalue weighted by molar-refractivity contribution is 5.03. The molecule has 0 aromatic heterocycles. The van der Waals surface area contributed by atoms with Crippen LogP contribution in [0.5, 0.6) is 0 Å². The summed E-state index contributed by atoms with van der Waals surface area (Å²) in [6, 6.07) is 0. The van der Waals surface area contributed by atoms with Crippen LogP contribution in [0.4, 0.5) is 0 Å². The maximum absolute atomic E-state index is 9.46. The van der Waals surface area contributed by atoms with Gasteiger partial charge in [-0.1, -0.05) is 0 Å². The lowest BCUT2D eigenvalue weighted by Crippen LogP contribution is -2.56. The van der Waals surface area contributed by atoms with Gasteiger partial charge in [0.1, 0.15) is 0 Å². The van der Waals surface area contributed by atoms with Crippen molar-refractivity contribution >= 4 is 0 Å². The summed E-state index contributed by atoms with van der Waals surface area (Å²) in [6.07, 6.45) is 2.46. The van der Waals surface area contributed by atoms with Crippen molar-refractivity contribution in [3.05, 3.63) is 0 Å². The minimum Gasteiger partial charge on any atom is -0.387 e. The molecular weight excluding hydrogens is 102 g/mol. The third-order valence-corrected chi connectivity index (χ3v) is 2.11. The third kappa shape index (κ3) is 0.501. The Morgan fingerprint density at radius 3 is 2.12 bits per heavy atom. The molecule has 2 heteroatoms. The van der Waals surface area contributed by atoms with Crippen LogP contribution in [0.15, 0.2) is 0 Å². The lowest BCUT2D eigenvalue weighted by atomic mass is 9.92. The highest BCUT2D eigenvalue weighted by Gasteiger charge is 2.48. The number of hydrogen-bond acceptors (Lipinski definition) is 1. The molecule has 1 radical (unpaired) electrons. The quantitative estimate of drug-likeness (QED) is 0.498. The zero-order valence-corrected chi connectivity index (χ0v) is 4.80. The van der Waals surface area contributed by atoms with Gasteiger partial charge in [-0.25, -0.2) is 5.32 Å². The van der Waals surface area contributed by atoms with Crippen molar-refractivity contribution in [1.29, 1.82) is 0 Å². The van der Waals surface area contributed by atoms with E-state index in [9.17, 15) is 5.11 Å². The first-order valence-electron chi connectivity index (χ1n) is 3.17. The molecule has 2 aliphatic rings. The Kier molecular flexibility index (Phi) is 0.746. The van der Waals surface area contributed by atoms with Crippen LogP contribution in [0.3, 0.4) is 0 Å². The topological polar surface area (TPSA) is 34.3 Å². The molecular formula is C6H10NO. The molecule has 1 aliphatic carbocycles. The smallest absolute Gasteiger partial charge is 0.0956 e. The highest BCUT2D eigenvalue weighted by Crippen LogP contribution is 2.41. The predicted molar refractivity (Wildman–Crippen MR) is 29.5 cm³/mol. The Hall–Kier alpha value is -0.0800. The van der Waals surface area contributed by atoms with Gasteiger partial charge in [0.25, 0.3) is 0 Å². The van der Waals surface area contributed by atoms with E-state index < -0.39 is 0 Å². The van der Waals surface area contributed by atoms with E-state index in [2.05, 4.69) is 5.32 Å². The van der Waals surface area contributed by atoms with Crippen molar-refractivity contribution in [3.8, 4) is 0 Å². The molecule has 0 aromatic carbocycles. The number of nitrogens with zero attached hydrogens (tertiary/aromatic N) is 1. The first kappa shape index (κ1) is 4.77. The maximum Gasteiger partial charge on any atom is 0.0956 e. The average molecular weight is 112 g/mol. The zero-order chi connectivity index (χ0) is 5.61. The van der Waals surface area contributed by atoms with Gasteiger partial charge in [-0.05, 0) is 18.8 Å². The molecule has 0 atom stereocenters. The van der Waals surface area contributed by atoms with E-state index in [-0.39, 0.29) is 5.60 Å². The summed E-state index contributed by atoms with van der Waals surface area (Å²) in [5.41, 5.74) is -0.333. The van der Waals surface area contributed by atoms with Crippen LogP contribution in [-0.2, 0) is 0 Å². The van der Waals surface area contributed by atoms with Gasteiger partial charge < -0.3 is 5.11 Å². The van der Waals surface area contributed by atoms with Crippen LogP contribution < -0.4 is 5.32 Å². The first-order chi connectivity index (χ1) is 3.81. The number of aliphatic hydroxyl groups is 1. The summed E-state index contributed by atoms with van der Waals surface area (Å²) in [7, 11) is 0. The second-order valence-electron chi connectivity index (χ2n) is 2.92. The van der Waals surface area contributed by atoms with Crippen molar-refractivity contribution < 1.29 is 5.11 Å². The molecule has 45 valence electrons. The standard InChI is InChI=1S/C6H10NO/c8-6(3-7-4-6)5-1-2-5/h5,8H,1-4H2. The SMILES string of the molecule is OC1(C2CC2)C[N]C1. The van der Waals surface area contributed by atoms with Gasteiger partial charge in [-0.15, -0.1) is 0 Å². The fourth-order valence-corrected chi connectivity index (χ4v) is 1.22. The summed E-state index contributed by atoms with van der Waals surface area (Å²) in [6.45, 7) is 1.41. The van der Waals surface area contributed by atoms with Gasteiger partial charge in [0.15, 0.2) is 0 Å². The van der Waals surface area contributed by atoms with Gasteiger partial charge in [0, 0.05) is 13.1 Å². The van der Waals surface area contributed by atoms with Crippen molar-refractivity contribution in [2.75, 3.05) is 13.1 Å². The molecule has 2 nitrogen and oxygen atoms in total. The van der Waals surface area contributed by atoms with E-state index in [0.29, 0.717) is 19.0 Å². The van der Waals surface area contributed by atoms with E-state index >= 15 is 0 Å². The Morgan fingerprint density at radius 1 is 1.38 bits per heavy atom. The van der Waals surface area contributed by atoms with Crippen molar-refractivity contribution in [1.82, 2.24) is 5.32 Å². The van der Waals surface area contributed by atoms with E-state index in [1.165, 1.54) is 12.8 Å². The Morgan fingerprint density at radius 2 is 2.00 bits per heavy atom. The van der Waals surface area contributed by atoms with Gasteiger partial charge in [0.05, 0.1) is 5.60 Å². The molecule has 2 fully saturated rings. The van der Waals surface area contributed by atoms with Crippen molar-refractivity contribution in [2.45, 2.75) is 18.4 Å². The zero-order valence-electron chi connectivity index (χ0n) is 4.80. The molecule has 1 saturated heterocycles. The normalized spacial score (nSPS) is 34.1. The lowest BCUT2D eigenvalue weighted by molar-refractivity contribution is -0.0326. The van der Waals surface area contributed by atoms with Gasteiger partial charge in [0.2, 0.25) is 0 Å². The fourth-order valence-electron chi connectivity index (χ4n) is 1.22. The molecule has 0 bridgehead atoms. The Bertz CT molecular complexity index is 105. The van der Waals surface area contributed by atoms with E-state index in [1.807, 2.05) is 0 Å². The van der Waals surface area contributed by atoms with E-state index in [1.54, 1.807) is 0 Å². The lowest BCUT2D eigenvalue weighted by Gasteiger charge is -2.36. The molecule has 2 rings (SSSR count). The first-order valence-corrected chi connectivity index (χ1v) is 3.17.